The fraction of sp³-hybridized carbons (Fsp3) is 0.562. The normalized spacial score (nSPS) is 11.4. The Morgan fingerprint density at radius 2 is 2.05 bits per heavy atom. The molecule has 0 saturated carbocycles. The summed E-state index contributed by atoms with van der Waals surface area (Å²) in [6, 6.07) is 6.66. The van der Waals surface area contributed by atoms with E-state index in [4.69, 9.17) is 0 Å². The molecule has 0 aliphatic heterocycles. The van der Waals surface area contributed by atoms with E-state index in [2.05, 4.69) is 49.0 Å². The van der Waals surface area contributed by atoms with Crippen LogP contribution in [-0.4, -0.2) is 22.9 Å². The van der Waals surface area contributed by atoms with Gasteiger partial charge in [-0.25, -0.2) is 0 Å². The van der Waals surface area contributed by atoms with Crippen LogP contribution in [0.2, 0.25) is 0 Å². The standard InChI is InChI=1S/C16H25N3/c1-5-9-19(10-8-13(2)3)15-6-7-16-14(11-15)12-17-18(16)4/h6-7,11-13H,5,8-10H2,1-4H3. The summed E-state index contributed by atoms with van der Waals surface area (Å²) in [7, 11) is 1.99. The van der Waals surface area contributed by atoms with Crippen LogP contribution in [0.3, 0.4) is 0 Å². The number of aromatic nitrogens is 2. The Bertz CT molecular complexity index is 528. The van der Waals surface area contributed by atoms with Gasteiger partial charge in [-0.15, -0.1) is 0 Å². The first-order chi connectivity index (χ1) is 9.11. The molecule has 0 amide bonds. The number of anilines is 1. The van der Waals surface area contributed by atoms with Crippen molar-refractivity contribution in [2.45, 2.75) is 33.6 Å². The third-order valence-corrected chi connectivity index (χ3v) is 3.56. The lowest BCUT2D eigenvalue weighted by molar-refractivity contribution is 0.571. The lowest BCUT2D eigenvalue weighted by Crippen LogP contribution is -2.26. The van der Waals surface area contributed by atoms with E-state index in [9.17, 15) is 0 Å². The second-order valence-electron chi connectivity index (χ2n) is 5.68. The summed E-state index contributed by atoms with van der Waals surface area (Å²) < 4.78 is 1.93. The van der Waals surface area contributed by atoms with Crippen molar-refractivity contribution < 1.29 is 0 Å². The molecule has 0 N–H and O–H groups in total. The molecule has 0 atom stereocenters. The van der Waals surface area contributed by atoms with Crippen LogP contribution in [0.1, 0.15) is 33.6 Å². The highest BCUT2D eigenvalue weighted by Gasteiger charge is 2.08. The molecule has 0 fully saturated rings. The molecule has 3 heteroatoms. The zero-order valence-corrected chi connectivity index (χ0v) is 12.6. The smallest absolute Gasteiger partial charge is 0.0680 e. The summed E-state index contributed by atoms with van der Waals surface area (Å²) in [6.45, 7) is 9.07. The van der Waals surface area contributed by atoms with Crippen LogP contribution in [0, 0.1) is 5.92 Å². The van der Waals surface area contributed by atoms with E-state index in [1.54, 1.807) is 0 Å². The van der Waals surface area contributed by atoms with Gasteiger partial charge in [0, 0.05) is 31.2 Å². The Kier molecular flexibility index (Phi) is 4.46. The summed E-state index contributed by atoms with van der Waals surface area (Å²) in [5, 5.41) is 5.54. The Hall–Kier alpha value is -1.51. The second kappa shape index (κ2) is 6.09. The van der Waals surface area contributed by atoms with Crippen molar-refractivity contribution in [3.05, 3.63) is 24.4 Å². The predicted molar refractivity (Wildman–Crippen MR) is 82.7 cm³/mol. The van der Waals surface area contributed by atoms with Gasteiger partial charge in [0.2, 0.25) is 0 Å². The van der Waals surface area contributed by atoms with Gasteiger partial charge in [-0.3, -0.25) is 4.68 Å². The van der Waals surface area contributed by atoms with Gasteiger partial charge in [0.05, 0.1) is 11.7 Å². The van der Waals surface area contributed by atoms with E-state index >= 15 is 0 Å². The van der Waals surface area contributed by atoms with Crippen molar-refractivity contribution in [1.29, 1.82) is 0 Å². The number of hydrogen-bond acceptors (Lipinski definition) is 2. The van der Waals surface area contributed by atoms with Crippen LogP contribution in [0.5, 0.6) is 0 Å². The van der Waals surface area contributed by atoms with Crippen LogP contribution < -0.4 is 4.90 Å². The summed E-state index contributed by atoms with van der Waals surface area (Å²) in [5.74, 6) is 0.751. The van der Waals surface area contributed by atoms with Crippen molar-refractivity contribution in [1.82, 2.24) is 9.78 Å². The van der Waals surface area contributed by atoms with E-state index < -0.39 is 0 Å². The highest BCUT2D eigenvalue weighted by atomic mass is 15.2. The van der Waals surface area contributed by atoms with Crippen LogP contribution >= 0.6 is 0 Å². The predicted octanol–water partition coefficient (Wildman–Crippen LogP) is 3.84. The first kappa shape index (κ1) is 13.9. The Morgan fingerprint density at radius 3 is 2.74 bits per heavy atom. The molecule has 0 aliphatic carbocycles. The van der Waals surface area contributed by atoms with E-state index in [1.165, 1.54) is 29.4 Å². The van der Waals surface area contributed by atoms with Gasteiger partial charge in [-0.05, 0) is 37.0 Å². The van der Waals surface area contributed by atoms with Gasteiger partial charge in [0.1, 0.15) is 0 Å². The molecule has 0 unspecified atom stereocenters. The molecular formula is C16H25N3. The van der Waals surface area contributed by atoms with Gasteiger partial charge in [0.15, 0.2) is 0 Å². The van der Waals surface area contributed by atoms with Gasteiger partial charge in [0.25, 0.3) is 0 Å². The molecule has 0 spiro atoms. The van der Waals surface area contributed by atoms with Crippen LogP contribution in [0.25, 0.3) is 10.9 Å². The van der Waals surface area contributed by atoms with Gasteiger partial charge in [-0.2, -0.15) is 5.10 Å². The van der Waals surface area contributed by atoms with Crippen molar-refractivity contribution in [3.8, 4) is 0 Å². The van der Waals surface area contributed by atoms with E-state index in [0.717, 1.165) is 19.0 Å². The SMILES string of the molecule is CCCN(CCC(C)C)c1ccc2c(cnn2C)c1. The Balaban J connectivity index is 2.22. The number of benzene rings is 1. The van der Waals surface area contributed by atoms with E-state index in [0.29, 0.717) is 0 Å². The minimum Gasteiger partial charge on any atom is -0.372 e. The largest absolute Gasteiger partial charge is 0.372 e. The topological polar surface area (TPSA) is 21.1 Å². The molecule has 1 aromatic carbocycles. The van der Waals surface area contributed by atoms with Gasteiger partial charge in [-0.1, -0.05) is 20.8 Å². The summed E-state index contributed by atoms with van der Waals surface area (Å²) in [6.07, 6.45) is 4.37. The molecule has 104 valence electrons. The summed E-state index contributed by atoms with van der Waals surface area (Å²) >= 11 is 0. The molecule has 1 aromatic heterocycles. The second-order valence-corrected chi connectivity index (χ2v) is 5.68. The maximum absolute atomic E-state index is 4.31. The van der Waals surface area contributed by atoms with Crippen molar-refractivity contribution >= 4 is 16.6 Å². The third kappa shape index (κ3) is 3.28. The minimum absolute atomic E-state index is 0.751. The molecular weight excluding hydrogens is 234 g/mol. The third-order valence-electron chi connectivity index (χ3n) is 3.56. The molecule has 1 heterocycles. The lowest BCUT2D eigenvalue weighted by atomic mass is 10.1. The first-order valence-corrected chi connectivity index (χ1v) is 7.28. The summed E-state index contributed by atoms with van der Waals surface area (Å²) in [5.41, 5.74) is 2.52. The lowest BCUT2D eigenvalue weighted by Gasteiger charge is -2.25. The molecule has 0 bridgehead atoms. The minimum atomic E-state index is 0.751. The maximum Gasteiger partial charge on any atom is 0.0680 e. The number of fused-ring (bicyclic) bond motifs is 1. The molecule has 3 nitrogen and oxygen atoms in total. The molecule has 0 radical (unpaired) electrons. The van der Waals surface area contributed by atoms with E-state index in [-0.39, 0.29) is 0 Å². The van der Waals surface area contributed by atoms with Crippen LogP contribution in [0.4, 0.5) is 5.69 Å². The summed E-state index contributed by atoms with van der Waals surface area (Å²) in [4.78, 5) is 2.49. The number of rotatable bonds is 6. The zero-order valence-electron chi connectivity index (χ0n) is 12.6. The zero-order chi connectivity index (χ0) is 13.8. The molecule has 2 rings (SSSR count). The van der Waals surface area contributed by atoms with Crippen molar-refractivity contribution in [2.75, 3.05) is 18.0 Å². The number of nitrogens with zero attached hydrogens (tertiary/aromatic N) is 3. The Morgan fingerprint density at radius 1 is 1.26 bits per heavy atom. The quantitative estimate of drug-likeness (QED) is 0.786. The van der Waals surface area contributed by atoms with E-state index in [1.807, 2.05) is 17.9 Å². The highest BCUT2D eigenvalue weighted by molar-refractivity contribution is 5.82. The van der Waals surface area contributed by atoms with Gasteiger partial charge < -0.3 is 4.90 Å². The first-order valence-electron chi connectivity index (χ1n) is 7.28. The number of aryl methyl sites for hydroxylation is 1. The van der Waals surface area contributed by atoms with Gasteiger partial charge >= 0.3 is 0 Å². The molecule has 0 aliphatic rings. The average Bonchev–Trinajstić information content (AvgIpc) is 2.75. The highest BCUT2D eigenvalue weighted by Crippen LogP contribution is 2.22. The van der Waals surface area contributed by atoms with Crippen LogP contribution in [0.15, 0.2) is 24.4 Å². The number of hydrogen-bond donors (Lipinski definition) is 0. The van der Waals surface area contributed by atoms with Crippen molar-refractivity contribution in [2.24, 2.45) is 13.0 Å². The maximum atomic E-state index is 4.31. The molecule has 19 heavy (non-hydrogen) atoms. The Labute approximate surface area is 116 Å². The molecule has 2 aromatic rings. The van der Waals surface area contributed by atoms with Crippen molar-refractivity contribution in [3.63, 3.8) is 0 Å². The fourth-order valence-corrected chi connectivity index (χ4v) is 2.40. The van der Waals surface area contributed by atoms with Crippen LogP contribution in [-0.2, 0) is 7.05 Å². The fourth-order valence-electron chi connectivity index (χ4n) is 2.40. The molecule has 0 saturated heterocycles. The average molecular weight is 259 g/mol. The monoisotopic (exact) mass is 259 g/mol.